The van der Waals surface area contributed by atoms with Crippen molar-refractivity contribution < 1.29 is 4.74 Å². The van der Waals surface area contributed by atoms with Crippen molar-refractivity contribution in [1.82, 2.24) is 10.3 Å². The highest BCUT2D eigenvalue weighted by molar-refractivity contribution is 7.09. The van der Waals surface area contributed by atoms with E-state index in [9.17, 15) is 0 Å². The Kier molecular flexibility index (Phi) is 4.91. The van der Waals surface area contributed by atoms with Crippen LogP contribution in [-0.4, -0.2) is 31.8 Å². The summed E-state index contributed by atoms with van der Waals surface area (Å²) in [6.07, 6.45) is 2.98. The normalized spacial score (nSPS) is 10.4. The molecular formula is C8H14N2OS. The summed E-state index contributed by atoms with van der Waals surface area (Å²) >= 11 is 1.70. The van der Waals surface area contributed by atoms with Gasteiger partial charge in [0, 0.05) is 31.3 Å². The van der Waals surface area contributed by atoms with E-state index in [1.165, 1.54) is 4.88 Å². The lowest BCUT2D eigenvalue weighted by molar-refractivity contribution is 0.199. The maximum atomic E-state index is 4.91. The first-order valence-electron chi connectivity index (χ1n) is 4.00. The van der Waals surface area contributed by atoms with E-state index in [-0.39, 0.29) is 0 Å². The Morgan fingerprint density at radius 3 is 3.17 bits per heavy atom. The summed E-state index contributed by atoms with van der Waals surface area (Å²) in [5.41, 5.74) is 1.87. The Morgan fingerprint density at radius 2 is 2.50 bits per heavy atom. The molecule has 1 rings (SSSR count). The van der Waals surface area contributed by atoms with Gasteiger partial charge >= 0.3 is 0 Å². The molecule has 4 heteroatoms. The third-order valence-corrected chi connectivity index (χ3v) is 2.35. The number of nitrogens with zero attached hydrogens (tertiary/aromatic N) is 1. The molecule has 0 amide bonds. The van der Waals surface area contributed by atoms with Gasteiger partial charge in [0.25, 0.3) is 0 Å². The molecule has 1 N–H and O–H groups in total. The summed E-state index contributed by atoms with van der Waals surface area (Å²) in [5, 5.41) is 3.28. The van der Waals surface area contributed by atoms with Crippen LogP contribution in [0.15, 0.2) is 11.7 Å². The van der Waals surface area contributed by atoms with Crippen LogP contribution in [0.2, 0.25) is 0 Å². The van der Waals surface area contributed by atoms with Crippen molar-refractivity contribution in [1.29, 1.82) is 0 Å². The number of thiazole rings is 1. The summed E-state index contributed by atoms with van der Waals surface area (Å²) in [4.78, 5) is 5.34. The maximum absolute atomic E-state index is 4.91. The number of aromatic nitrogens is 1. The molecule has 0 aliphatic heterocycles. The molecule has 3 nitrogen and oxygen atoms in total. The number of hydrogen-bond donors (Lipinski definition) is 1. The van der Waals surface area contributed by atoms with Gasteiger partial charge in [0.1, 0.15) is 0 Å². The number of methoxy groups -OCH3 is 1. The van der Waals surface area contributed by atoms with E-state index in [1.54, 1.807) is 18.4 Å². The summed E-state index contributed by atoms with van der Waals surface area (Å²) in [5.74, 6) is 0. The Balaban J connectivity index is 1.96. The standard InChI is InChI=1S/C8H14N2OS/c1-11-5-4-9-3-2-8-6-10-7-12-8/h6-7,9H,2-5H2,1H3. The predicted molar refractivity (Wildman–Crippen MR) is 50.6 cm³/mol. The Morgan fingerprint density at radius 1 is 1.58 bits per heavy atom. The largest absolute Gasteiger partial charge is 0.383 e. The molecule has 0 aliphatic rings. The van der Waals surface area contributed by atoms with Gasteiger partial charge in [0.05, 0.1) is 12.1 Å². The van der Waals surface area contributed by atoms with Crippen LogP contribution in [0.1, 0.15) is 4.88 Å². The van der Waals surface area contributed by atoms with Gasteiger partial charge in [-0.1, -0.05) is 0 Å². The van der Waals surface area contributed by atoms with Crippen molar-refractivity contribution in [3.63, 3.8) is 0 Å². The van der Waals surface area contributed by atoms with Crippen LogP contribution in [0.5, 0.6) is 0 Å². The summed E-state index contributed by atoms with van der Waals surface area (Å²) in [7, 11) is 1.71. The van der Waals surface area contributed by atoms with Gasteiger partial charge in [-0.2, -0.15) is 0 Å². The van der Waals surface area contributed by atoms with Gasteiger partial charge in [-0.3, -0.25) is 4.98 Å². The molecule has 1 heterocycles. The van der Waals surface area contributed by atoms with Crippen LogP contribution in [0.4, 0.5) is 0 Å². The molecule has 0 aliphatic carbocycles. The molecule has 0 saturated heterocycles. The van der Waals surface area contributed by atoms with Gasteiger partial charge in [-0.05, 0) is 6.42 Å². The first-order valence-corrected chi connectivity index (χ1v) is 4.88. The van der Waals surface area contributed by atoms with Crippen molar-refractivity contribution in [3.05, 3.63) is 16.6 Å². The van der Waals surface area contributed by atoms with Crippen LogP contribution in [0, 0.1) is 0 Å². The quantitative estimate of drug-likeness (QED) is 0.671. The minimum Gasteiger partial charge on any atom is -0.383 e. The summed E-state index contributed by atoms with van der Waals surface area (Å²) in [6, 6.07) is 0. The zero-order valence-corrected chi connectivity index (χ0v) is 8.06. The van der Waals surface area contributed by atoms with Crippen molar-refractivity contribution >= 4 is 11.3 Å². The first kappa shape index (κ1) is 9.64. The zero-order chi connectivity index (χ0) is 8.65. The molecular weight excluding hydrogens is 172 g/mol. The third-order valence-electron chi connectivity index (χ3n) is 1.51. The molecule has 0 atom stereocenters. The number of hydrogen-bond acceptors (Lipinski definition) is 4. The molecule has 68 valence electrons. The van der Waals surface area contributed by atoms with Crippen LogP contribution in [0.3, 0.4) is 0 Å². The van der Waals surface area contributed by atoms with E-state index in [0.717, 1.165) is 26.1 Å². The monoisotopic (exact) mass is 186 g/mol. The molecule has 1 aromatic heterocycles. The summed E-state index contributed by atoms with van der Waals surface area (Å²) < 4.78 is 4.91. The highest BCUT2D eigenvalue weighted by atomic mass is 32.1. The van der Waals surface area contributed by atoms with E-state index in [1.807, 2.05) is 11.7 Å². The van der Waals surface area contributed by atoms with E-state index in [2.05, 4.69) is 10.3 Å². The van der Waals surface area contributed by atoms with Crippen molar-refractivity contribution in [2.45, 2.75) is 6.42 Å². The Bertz CT molecular complexity index is 189. The topological polar surface area (TPSA) is 34.1 Å². The molecule has 0 fully saturated rings. The summed E-state index contributed by atoms with van der Waals surface area (Å²) in [6.45, 7) is 2.71. The molecule has 0 bridgehead atoms. The molecule has 0 aromatic carbocycles. The van der Waals surface area contributed by atoms with Gasteiger partial charge in [-0.25, -0.2) is 0 Å². The second-order valence-electron chi connectivity index (χ2n) is 2.46. The molecule has 0 saturated carbocycles. The van der Waals surface area contributed by atoms with Crippen molar-refractivity contribution in [3.8, 4) is 0 Å². The van der Waals surface area contributed by atoms with E-state index < -0.39 is 0 Å². The average Bonchev–Trinajstić information content (AvgIpc) is 2.57. The zero-order valence-electron chi connectivity index (χ0n) is 7.25. The first-order chi connectivity index (χ1) is 5.93. The van der Waals surface area contributed by atoms with Crippen molar-refractivity contribution in [2.24, 2.45) is 0 Å². The maximum Gasteiger partial charge on any atom is 0.0794 e. The van der Waals surface area contributed by atoms with Gasteiger partial charge in [0.2, 0.25) is 0 Å². The van der Waals surface area contributed by atoms with Crippen LogP contribution in [0.25, 0.3) is 0 Å². The number of nitrogens with one attached hydrogen (secondary N) is 1. The molecule has 0 spiro atoms. The minimum absolute atomic E-state index is 0.780. The molecule has 0 radical (unpaired) electrons. The Hall–Kier alpha value is -0.450. The lowest BCUT2D eigenvalue weighted by Crippen LogP contribution is -2.21. The number of rotatable bonds is 6. The fraction of sp³-hybridized carbons (Fsp3) is 0.625. The smallest absolute Gasteiger partial charge is 0.0794 e. The SMILES string of the molecule is COCCNCCc1cncs1. The molecule has 0 unspecified atom stereocenters. The fourth-order valence-electron chi connectivity index (χ4n) is 0.876. The van der Waals surface area contributed by atoms with Crippen molar-refractivity contribution in [2.75, 3.05) is 26.8 Å². The van der Waals surface area contributed by atoms with E-state index in [0.29, 0.717) is 0 Å². The Labute approximate surface area is 76.8 Å². The van der Waals surface area contributed by atoms with Gasteiger partial charge in [0.15, 0.2) is 0 Å². The second-order valence-corrected chi connectivity index (χ2v) is 3.43. The third kappa shape index (κ3) is 3.80. The fourth-order valence-corrected chi connectivity index (χ4v) is 1.48. The molecule has 1 aromatic rings. The van der Waals surface area contributed by atoms with Crippen LogP contribution < -0.4 is 5.32 Å². The second kappa shape index (κ2) is 6.11. The highest BCUT2D eigenvalue weighted by Gasteiger charge is 1.92. The molecule has 12 heavy (non-hydrogen) atoms. The highest BCUT2D eigenvalue weighted by Crippen LogP contribution is 2.04. The van der Waals surface area contributed by atoms with Crippen LogP contribution in [-0.2, 0) is 11.2 Å². The minimum atomic E-state index is 0.780. The van der Waals surface area contributed by atoms with Gasteiger partial charge < -0.3 is 10.1 Å². The average molecular weight is 186 g/mol. The lowest BCUT2D eigenvalue weighted by atomic mass is 10.4. The van der Waals surface area contributed by atoms with E-state index >= 15 is 0 Å². The predicted octanol–water partition coefficient (Wildman–Crippen LogP) is 0.922. The van der Waals surface area contributed by atoms with Gasteiger partial charge in [-0.15, -0.1) is 11.3 Å². The lowest BCUT2D eigenvalue weighted by Gasteiger charge is -2.01. The number of ether oxygens (including phenoxy) is 1. The van der Waals surface area contributed by atoms with Crippen LogP contribution >= 0.6 is 11.3 Å². The van der Waals surface area contributed by atoms with E-state index in [4.69, 9.17) is 4.74 Å².